The number of benzene rings is 2. The molecule has 0 aliphatic carbocycles. The van der Waals surface area contributed by atoms with Crippen molar-refractivity contribution in [1.29, 1.82) is 0 Å². The van der Waals surface area contributed by atoms with Crippen LogP contribution in [-0.4, -0.2) is 42.5 Å². The third-order valence-corrected chi connectivity index (χ3v) is 6.17. The highest BCUT2D eigenvalue weighted by molar-refractivity contribution is 7.99. The first-order chi connectivity index (χ1) is 14.3. The molecule has 10 heteroatoms. The zero-order valence-corrected chi connectivity index (χ0v) is 16.5. The Morgan fingerprint density at radius 1 is 1.10 bits per heavy atom. The number of rotatable bonds is 3. The van der Waals surface area contributed by atoms with Gasteiger partial charge in [-0.1, -0.05) is 12.1 Å². The minimum absolute atomic E-state index is 0.0471. The lowest BCUT2D eigenvalue weighted by Gasteiger charge is -2.28. The Kier molecular flexibility index (Phi) is 5.27. The number of alkyl halides is 3. The van der Waals surface area contributed by atoms with Crippen LogP contribution in [0.5, 0.6) is 11.5 Å². The number of halogens is 3. The van der Waals surface area contributed by atoms with Crippen LogP contribution in [0.3, 0.4) is 0 Å². The number of hydrogen-bond donors (Lipinski definition) is 0. The molecule has 30 heavy (non-hydrogen) atoms. The maximum Gasteiger partial charge on any atom is 0.416 e. The summed E-state index contributed by atoms with van der Waals surface area (Å²) in [5.41, 5.74) is -0.0338. The average Bonchev–Trinajstić information content (AvgIpc) is 3.38. The summed E-state index contributed by atoms with van der Waals surface area (Å²) in [7, 11) is 1.22. The molecule has 2 aliphatic heterocycles. The van der Waals surface area contributed by atoms with Crippen LogP contribution in [0.2, 0.25) is 0 Å². The lowest BCUT2D eigenvalue weighted by molar-refractivity contribution is -0.145. The molecule has 6 nitrogen and oxygen atoms in total. The lowest BCUT2D eigenvalue weighted by Crippen LogP contribution is -2.43. The summed E-state index contributed by atoms with van der Waals surface area (Å²) >= 11 is 1.28. The molecule has 0 N–H and O–H groups in total. The molecule has 0 bridgehead atoms. The zero-order valence-electron chi connectivity index (χ0n) is 15.6. The van der Waals surface area contributed by atoms with Crippen molar-refractivity contribution >= 4 is 23.6 Å². The highest BCUT2D eigenvalue weighted by Gasteiger charge is 2.43. The topological polar surface area (TPSA) is 65.1 Å². The van der Waals surface area contributed by atoms with Crippen molar-refractivity contribution in [3.05, 3.63) is 59.2 Å². The Balaban J connectivity index is 1.68. The van der Waals surface area contributed by atoms with Gasteiger partial charge < -0.3 is 19.1 Å². The number of thioether (sulfide) groups is 1. The fourth-order valence-corrected chi connectivity index (χ4v) is 4.76. The van der Waals surface area contributed by atoms with E-state index in [1.807, 2.05) is 0 Å². The lowest BCUT2D eigenvalue weighted by atomic mass is 10.1. The molecule has 0 spiro atoms. The number of ether oxygens (including phenoxy) is 3. The number of fused-ring (bicyclic) bond motifs is 1. The summed E-state index contributed by atoms with van der Waals surface area (Å²) in [5.74, 6) is 0.124. The van der Waals surface area contributed by atoms with E-state index in [1.165, 1.54) is 42.0 Å². The van der Waals surface area contributed by atoms with E-state index in [0.29, 0.717) is 17.1 Å². The molecule has 0 radical (unpaired) electrons. The van der Waals surface area contributed by atoms with Crippen molar-refractivity contribution in [3.63, 3.8) is 0 Å². The second-order valence-corrected chi connectivity index (χ2v) is 7.74. The predicted molar refractivity (Wildman–Crippen MR) is 101 cm³/mol. The Morgan fingerprint density at radius 2 is 1.80 bits per heavy atom. The molecule has 1 saturated heterocycles. The number of amides is 1. The minimum Gasteiger partial charge on any atom is -0.467 e. The fraction of sp³-hybridized carbons (Fsp3) is 0.300. The summed E-state index contributed by atoms with van der Waals surface area (Å²) in [6.45, 7) is 0.0471. The Labute approximate surface area is 173 Å². The van der Waals surface area contributed by atoms with Gasteiger partial charge in [-0.3, -0.25) is 4.79 Å². The normalized spacial score (nSPS) is 20.3. The van der Waals surface area contributed by atoms with Gasteiger partial charge in [0.15, 0.2) is 11.5 Å². The number of methoxy groups -OCH3 is 1. The van der Waals surface area contributed by atoms with Crippen LogP contribution in [0.25, 0.3) is 0 Å². The van der Waals surface area contributed by atoms with Crippen LogP contribution in [0.4, 0.5) is 13.2 Å². The fourth-order valence-electron chi connectivity index (χ4n) is 3.34. The molecule has 0 saturated carbocycles. The Morgan fingerprint density at radius 3 is 2.47 bits per heavy atom. The Bertz CT molecular complexity index is 979. The maximum absolute atomic E-state index is 13.3. The van der Waals surface area contributed by atoms with Crippen LogP contribution in [0.1, 0.15) is 26.9 Å². The minimum atomic E-state index is -4.46. The van der Waals surface area contributed by atoms with E-state index in [9.17, 15) is 22.8 Å². The van der Waals surface area contributed by atoms with Crippen molar-refractivity contribution in [2.24, 2.45) is 0 Å². The van der Waals surface area contributed by atoms with Gasteiger partial charge in [0.25, 0.3) is 5.91 Å². The van der Waals surface area contributed by atoms with E-state index in [-0.39, 0.29) is 18.1 Å². The second kappa shape index (κ2) is 7.75. The highest BCUT2D eigenvalue weighted by Crippen LogP contribution is 2.44. The second-order valence-electron chi connectivity index (χ2n) is 6.62. The van der Waals surface area contributed by atoms with Gasteiger partial charge in [-0.05, 0) is 35.9 Å². The van der Waals surface area contributed by atoms with Gasteiger partial charge in [0, 0.05) is 11.3 Å². The number of carbonyl (C=O) groups is 2. The van der Waals surface area contributed by atoms with E-state index in [4.69, 9.17) is 14.2 Å². The van der Waals surface area contributed by atoms with E-state index in [2.05, 4.69) is 0 Å². The molecule has 1 amide bonds. The van der Waals surface area contributed by atoms with Crippen LogP contribution >= 0.6 is 11.8 Å². The number of carbonyl (C=O) groups excluding carboxylic acids is 2. The molecular weight excluding hydrogens is 423 g/mol. The molecule has 4 rings (SSSR count). The number of nitrogens with zero attached hydrogens (tertiary/aromatic N) is 1. The van der Waals surface area contributed by atoms with Gasteiger partial charge in [-0.15, -0.1) is 11.8 Å². The average molecular weight is 439 g/mol. The van der Waals surface area contributed by atoms with Crippen molar-refractivity contribution in [2.75, 3.05) is 19.7 Å². The van der Waals surface area contributed by atoms with Crippen LogP contribution in [-0.2, 0) is 15.7 Å². The molecule has 2 aromatic carbocycles. The number of esters is 1. The summed E-state index contributed by atoms with van der Waals surface area (Å²) in [6.07, 6.45) is -4.46. The van der Waals surface area contributed by atoms with Crippen LogP contribution < -0.4 is 9.47 Å². The van der Waals surface area contributed by atoms with Crippen molar-refractivity contribution in [1.82, 2.24) is 4.90 Å². The van der Waals surface area contributed by atoms with E-state index < -0.39 is 35.0 Å². The van der Waals surface area contributed by atoms with Crippen molar-refractivity contribution in [2.45, 2.75) is 17.6 Å². The molecule has 2 aromatic rings. The quantitative estimate of drug-likeness (QED) is 0.677. The maximum atomic E-state index is 13.3. The monoisotopic (exact) mass is 439 g/mol. The van der Waals surface area contributed by atoms with E-state index in [0.717, 1.165) is 12.1 Å². The molecule has 2 unspecified atom stereocenters. The summed E-state index contributed by atoms with van der Waals surface area (Å²) in [6, 6.07) is 8.36. The van der Waals surface area contributed by atoms with Gasteiger partial charge in [0.05, 0.1) is 12.7 Å². The SMILES string of the molecule is COC(=O)C1CSC(c2ccc(C(F)(F)F)cc2)N1C(=O)c1ccc2c(c1)OCO2. The highest BCUT2D eigenvalue weighted by atomic mass is 32.2. The van der Waals surface area contributed by atoms with Gasteiger partial charge in [-0.2, -0.15) is 13.2 Å². The Hall–Kier alpha value is -2.88. The first kappa shape index (κ1) is 20.4. The summed E-state index contributed by atoms with van der Waals surface area (Å²) in [5, 5.41) is -0.644. The van der Waals surface area contributed by atoms with Crippen molar-refractivity contribution in [3.8, 4) is 11.5 Å². The van der Waals surface area contributed by atoms with Crippen LogP contribution in [0, 0.1) is 0 Å². The third-order valence-electron chi connectivity index (χ3n) is 4.85. The number of hydrogen-bond acceptors (Lipinski definition) is 6. The van der Waals surface area contributed by atoms with Crippen LogP contribution in [0.15, 0.2) is 42.5 Å². The zero-order chi connectivity index (χ0) is 21.5. The van der Waals surface area contributed by atoms with E-state index >= 15 is 0 Å². The molecule has 1 fully saturated rings. The molecule has 2 heterocycles. The molecule has 0 aromatic heterocycles. The smallest absolute Gasteiger partial charge is 0.416 e. The third kappa shape index (κ3) is 3.67. The van der Waals surface area contributed by atoms with Gasteiger partial charge >= 0.3 is 12.1 Å². The predicted octanol–water partition coefficient (Wildman–Crippen LogP) is 3.86. The largest absolute Gasteiger partial charge is 0.467 e. The van der Waals surface area contributed by atoms with E-state index in [1.54, 1.807) is 12.1 Å². The standard InChI is InChI=1S/C20H16F3NO5S/c1-27-19(26)14-9-30-18(11-2-5-13(6-3-11)20(21,22)23)24(14)17(25)12-4-7-15-16(8-12)29-10-28-15/h2-8,14,18H,9-10H2,1H3. The van der Waals surface area contributed by atoms with Gasteiger partial charge in [0.2, 0.25) is 6.79 Å². The van der Waals surface area contributed by atoms with Gasteiger partial charge in [-0.25, -0.2) is 4.79 Å². The van der Waals surface area contributed by atoms with Gasteiger partial charge in [0.1, 0.15) is 11.4 Å². The molecule has 2 aliphatic rings. The van der Waals surface area contributed by atoms with Crippen molar-refractivity contribution < 1.29 is 37.0 Å². The molecular formula is C20H16F3NO5S. The summed E-state index contributed by atoms with van der Waals surface area (Å²) < 4.78 is 54.1. The summed E-state index contributed by atoms with van der Waals surface area (Å²) in [4.78, 5) is 26.9. The first-order valence-electron chi connectivity index (χ1n) is 8.88. The molecule has 158 valence electrons. The first-order valence-corrected chi connectivity index (χ1v) is 9.93. The molecule has 2 atom stereocenters.